The number of fused-ring (bicyclic) bond motifs is 1. The van der Waals surface area contributed by atoms with Crippen LogP contribution in [0.2, 0.25) is 5.02 Å². The zero-order valence-electron chi connectivity index (χ0n) is 20.6. The number of hydrogen-bond donors (Lipinski definition) is 2. The van der Waals surface area contributed by atoms with E-state index in [9.17, 15) is 4.79 Å². The van der Waals surface area contributed by atoms with E-state index >= 15 is 0 Å². The van der Waals surface area contributed by atoms with Gasteiger partial charge in [0.05, 0.1) is 11.6 Å². The molecule has 1 aliphatic heterocycles. The maximum atomic E-state index is 13.7. The average Bonchev–Trinajstić information content (AvgIpc) is 3.39. The van der Waals surface area contributed by atoms with E-state index in [4.69, 9.17) is 11.6 Å². The topological polar surface area (TPSA) is 61.0 Å². The van der Waals surface area contributed by atoms with Crippen LogP contribution in [0.25, 0.3) is 22.0 Å². The van der Waals surface area contributed by atoms with Crippen LogP contribution in [0.5, 0.6) is 0 Å². The molecule has 1 amide bonds. The molecule has 1 fully saturated rings. The van der Waals surface area contributed by atoms with E-state index < -0.39 is 0 Å². The third-order valence-electron chi connectivity index (χ3n) is 6.90. The molecule has 0 saturated carbocycles. The van der Waals surface area contributed by atoms with Crippen molar-refractivity contribution < 1.29 is 4.79 Å². The fourth-order valence-corrected chi connectivity index (χ4v) is 5.05. The van der Waals surface area contributed by atoms with Gasteiger partial charge in [0.1, 0.15) is 5.69 Å². The Morgan fingerprint density at radius 2 is 1.71 bits per heavy atom. The number of rotatable bonds is 3. The van der Waals surface area contributed by atoms with Gasteiger partial charge in [-0.25, -0.2) is 0 Å². The van der Waals surface area contributed by atoms with Crippen molar-refractivity contribution in [2.45, 2.75) is 6.04 Å². The standard InChI is InChI=1S/C32H25ClN4O/c33-26-14-10-24(11-15-26)31-21-34-18-19-37(31)32(38)25-13-17-30-28(20-25)29(35-36-30)16-12-23-8-4-5-9-27(23)22-6-2-1-3-7-22/h1-11,13-15,17,20,31,34H,18-19,21H2,(H,35,36)/t31-/m0/s1. The van der Waals surface area contributed by atoms with E-state index in [1.165, 1.54) is 0 Å². The molecule has 1 aromatic heterocycles. The summed E-state index contributed by atoms with van der Waals surface area (Å²) in [5.74, 6) is 6.53. The van der Waals surface area contributed by atoms with Gasteiger partial charge >= 0.3 is 0 Å². The van der Waals surface area contributed by atoms with Gasteiger partial charge in [0, 0.05) is 41.2 Å². The molecule has 2 heterocycles. The summed E-state index contributed by atoms with van der Waals surface area (Å²) < 4.78 is 0. The SMILES string of the molecule is O=C(c1ccc2[nH]nc(C#Cc3ccccc3-c3ccccc3)c2c1)N1CCNC[C@H]1c1ccc(Cl)cc1. The van der Waals surface area contributed by atoms with Crippen LogP contribution in [-0.4, -0.2) is 40.6 Å². The third-order valence-corrected chi connectivity index (χ3v) is 7.15. The molecule has 4 aromatic carbocycles. The van der Waals surface area contributed by atoms with Crippen LogP contribution in [0.15, 0.2) is 97.1 Å². The van der Waals surface area contributed by atoms with Gasteiger partial charge in [0.2, 0.25) is 0 Å². The van der Waals surface area contributed by atoms with Gasteiger partial charge < -0.3 is 10.2 Å². The number of carbonyl (C=O) groups excluding carboxylic acids is 1. The first-order valence-corrected chi connectivity index (χ1v) is 13.0. The molecule has 0 aliphatic carbocycles. The molecule has 1 atom stereocenters. The van der Waals surface area contributed by atoms with Gasteiger partial charge in [-0.1, -0.05) is 78.2 Å². The molecular formula is C32H25ClN4O. The van der Waals surface area contributed by atoms with E-state index in [0.717, 1.165) is 39.7 Å². The summed E-state index contributed by atoms with van der Waals surface area (Å²) in [5.41, 5.74) is 6.25. The van der Waals surface area contributed by atoms with Crippen LogP contribution in [0.3, 0.4) is 0 Å². The van der Waals surface area contributed by atoms with Crippen LogP contribution < -0.4 is 5.32 Å². The quantitative estimate of drug-likeness (QED) is 0.286. The first-order chi connectivity index (χ1) is 18.7. The minimum Gasteiger partial charge on any atom is -0.329 e. The molecule has 5 nitrogen and oxygen atoms in total. The molecule has 0 unspecified atom stereocenters. The van der Waals surface area contributed by atoms with Crippen LogP contribution in [-0.2, 0) is 0 Å². The smallest absolute Gasteiger partial charge is 0.254 e. The first-order valence-electron chi connectivity index (χ1n) is 12.6. The molecule has 1 aliphatic rings. The van der Waals surface area contributed by atoms with Gasteiger partial charge in [-0.3, -0.25) is 9.89 Å². The Kier molecular flexibility index (Phi) is 6.66. The number of piperazine rings is 1. The molecule has 0 bridgehead atoms. The molecule has 1 saturated heterocycles. The number of nitrogens with one attached hydrogen (secondary N) is 2. The van der Waals surface area contributed by atoms with Gasteiger partial charge in [0.15, 0.2) is 0 Å². The summed E-state index contributed by atoms with van der Waals surface area (Å²) in [7, 11) is 0. The zero-order chi connectivity index (χ0) is 25.9. The van der Waals surface area contributed by atoms with Crippen molar-refractivity contribution in [3.05, 3.63) is 124 Å². The van der Waals surface area contributed by atoms with Crippen molar-refractivity contribution in [1.29, 1.82) is 0 Å². The number of aromatic nitrogens is 2. The van der Waals surface area contributed by atoms with Gasteiger partial charge in [0.25, 0.3) is 5.91 Å². The number of hydrogen-bond acceptors (Lipinski definition) is 3. The van der Waals surface area contributed by atoms with Crippen molar-refractivity contribution in [3.8, 4) is 23.0 Å². The molecule has 38 heavy (non-hydrogen) atoms. The Hall–Kier alpha value is -4.37. The number of H-pyrrole nitrogens is 1. The predicted molar refractivity (Wildman–Crippen MR) is 152 cm³/mol. The maximum Gasteiger partial charge on any atom is 0.254 e. The lowest BCUT2D eigenvalue weighted by molar-refractivity contribution is 0.0634. The van der Waals surface area contributed by atoms with Crippen molar-refractivity contribution >= 4 is 28.4 Å². The lowest BCUT2D eigenvalue weighted by Crippen LogP contribution is -2.48. The molecule has 6 rings (SSSR count). The van der Waals surface area contributed by atoms with E-state index in [1.54, 1.807) is 0 Å². The predicted octanol–water partition coefficient (Wildman–Crippen LogP) is 6.07. The second kappa shape index (κ2) is 10.5. The van der Waals surface area contributed by atoms with Crippen LogP contribution >= 0.6 is 11.6 Å². The maximum absolute atomic E-state index is 13.7. The Bertz CT molecular complexity index is 1670. The normalized spacial score (nSPS) is 15.2. The highest BCUT2D eigenvalue weighted by Gasteiger charge is 2.29. The van der Waals surface area contributed by atoms with Crippen LogP contribution in [0.1, 0.15) is 33.2 Å². The third kappa shape index (κ3) is 4.80. The Morgan fingerprint density at radius 3 is 2.55 bits per heavy atom. The Labute approximate surface area is 226 Å². The average molecular weight is 517 g/mol. The van der Waals surface area contributed by atoms with Gasteiger partial charge in [-0.2, -0.15) is 5.10 Å². The van der Waals surface area contributed by atoms with Crippen molar-refractivity contribution in [1.82, 2.24) is 20.4 Å². The minimum absolute atomic E-state index is 0.0112. The van der Waals surface area contributed by atoms with Gasteiger partial charge in [-0.15, -0.1) is 0 Å². The summed E-state index contributed by atoms with van der Waals surface area (Å²) in [6.07, 6.45) is 0. The molecule has 6 heteroatoms. The summed E-state index contributed by atoms with van der Waals surface area (Å²) >= 11 is 6.09. The summed E-state index contributed by atoms with van der Waals surface area (Å²) in [6.45, 7) is 2.07. The second-order valence-electron chi connectivity index (χ2n) is 9.26. The molecule has 0 radical (unpaired) electrons. The molecule has 0 spiro atoms. The number of nitrogens with zero attached hydrogens (tertiary/aromatic N) is 2. The highest BCUT2D eigenvalue weighted by atomic mass is 35.5. The molecule has 5 aromatic rings. The summed E-state index contributed by atoms with van der Waals surface area (Å²) in [5, 5.41) is 12.4. The van der Waals surface area contributed by atoms with E-state index in [2.05, 4.69) is 45.6 Å². The zero-order valence-corrected chi connectivity index (χ0v) is 21.4. The van der Waals surface area contributed by atoms with Crippen LogP contribution in [0.4, 0.5) is 0 Å². The number of carbonyl (C=O) groups is 1. The summed E-state index contributed by atoms with van der Waals surface area (Å²) in [4.78, 5) is 15.6. The number of amides is 1. The highest BCUT2D eigenvalue weighted by Crippen LogP contribution is 2.27. The second-order valence-corrected chi connectivity index (χ2v) is 9.70. The largest absolute Gasteiger partial charge is 0.329 e. The lowest BCUT2D eigenvalue weighted by Gasteiger charge is -2.36. The minimum atomic E-state index is -0.0673. The number of benzene rings is 4. The Balaban J connectivity index is 1.32. The molecule has 186 valence electrons. The number of aromatic amines is 1. The van der Waals surface area contributed by atoms with Crippen molar-refractivity contribution in [2.24, 2.45) is 0 Å². The molecular weight excluding hydrogens is 492 g/mol. The monoisotopic (exact) mass is 516 g/mol. The van der Waals surface area contributed by atoms with Crippen molar-refractivity contribution in [3.63, 3.8) is 0 Å². The van der Waals surface area contributed by atoms with Crippen molar-refractivity contribution in [2.75, 3.05) is 19.6 Å². The number of halogens is 1. The van der Waals surface area contributed by atoms with Crippen LogP contribution in [0, 0.1) is 11.8 Å². The van der Waals surface area contributed by atoms with E-state index in [-0.39, 0.29) is 11.9 Å². The van der Waals surface area contributed by atoms with E-state index in [0.29, 0.717) is 29.4 Å². The highest BCUT2D eigenvalue weighted by molar-refractivity contribution is 6.30. The fraction of sp³-hybridized carbons (Fsp3) is 0.125. The summed E-state index contributed by atoms with van der Waals surface area (Å²) in [6, 6.07) is 31.6. The van der Waals surface area contributed by atoms with Gasteiger partial charge in [-0.05, 0) is 59.0 Å². The lowest BCUT2D eigenvalue weighted by atomic mass is 10.00. The molecule has 2 N–H and O–H groups in total. The first kappa shape index (κ1) is 24.0. The fourth-order valence-electron chi connectivity index (χ4n) is 4.93. The Morgan fingerprint density at radius 1 is 0.921 bits per heavy atom. The van der Waals surface area contributed by atoms with E-state index in [1.807, 2.05) is 83.8 Å².